The van der Waals surface area contributed by atoms with Gasteiger partial charge < -0.3 is 4.90 Å². The van der Waals surface area contributed by atoms with Crippen LogP contribution in [0.3, 0.4) is 0 Å². The van der Waals surface area contributed by atoms with Gasteiger partial charge in [0.1, 0.15) is 0 Å². The lowest BCUT2D eigenvalue weighted by atomic mass is 10.1. The van der Waals surface area contributed by atoms with E-state index in [9.17, 15) is 13.2 Å². The average Bonchev–Trinajstić information content (AvgIpc) is 2.44. The Bertz CT molecular complexity index is 787. The Morgan fingerprint density at radius 2 is 1.76 bits per heavy atom. The summed E-state index contributed by atoms with van der Waals surface area (Å²) in [7, 11) is 3.33. The predicted octanol–water partition coefficient (Wildman–Crippen LogP) is 3.53. The van der Waals surface area contributed by atoms with E-state index >= 15 is 0 Å². The number of carbonyl (C=O) groups is 1. The van der Waals surface area contributed by atoms with Crippen molar-refractivity contribution in [3.8, 4) is 0 Å². The maximum Gasteiger partial charge on any atom is 0.261 e. The van der Waals surface area contributed by atoms with E-state index in [-0.39, 0.29) is 10.8 Å². The molecule has 0 saturated carbocycles. The molecule has 112 valence electrons. The molecule has 0 N–H and O–H groups in total. The highest BCUT2D eigenvalue weighted by Gasteiger charge is 2.18. The van der Waals surface area contributed by atoms with Crippen LogP contribution < -0.4 is 4.90 Å². The third-order valence-electron chi connectivity index (χ3n) is 3.32. The highest BCUT2D eigenvalue weighted by Crippen LogP contribution is 2.32. The number of hydrogen-bond acceptors (Lipinski definition) is 3. The van der Waals surface area contributed by atoms with Crippen LogP contribution in [0.1, 0.15) is 19.8 Å². The Balaban J connectivity index is 2.65. The first-order valence-electron chi connectivity index (χ1n) is 6.59. The standard InChI is InChI=1S/C15H16ClNO3S/c1-3-6-15(18)17(2)13-9-4-8-12-11(13)7-5-10-14(12)21(16,19)20/h4-5,7-10H,3,6H2,1-2H3. The number of nitrogens with zero attached hydrogens (tertiary/aromatic N) is 1. The first-order chi connectivity index (χ1) is 9.86. The number of rotatable bonds is 4. The highest BCUT2D eigenvalue weighted by molar-refractivity contribution is 8.14. The second-order valence-electron chi connectivity index (χ2n) is 4.77. The van der Waals surface area contributed by atoms with Crippen LogP contribution >= 0.6 is 10.7 Å². The van der Waals surface area contributed by atoms with Crippen LogP contribution in [0.15, 0.2) is 41.3 Å². The minimum atomic E-state index is -3.83. The Hall–Kier alpha value is -1.59. The van der Waals surface area contributed by atoms with Crippen LogP contribution in [0, 0.1) is 0 Å². The van der Waals surface area contributed by atoms with E-state index in [1.54, 1.807) is 42.3 Å². The molecule has 0 aliphatic heterocycles. The number of halogens is 1. The molecule has 0 radical (unpaired) electrons. The Labute approximate surface area is 128 Å². The van der Waals surface area contributed by atoms with Crippen molar-refractivity contribution in [2.24, 2.45) is 0 Å². The van der Waals surface area contributed by atoms with Crippen molar-refractivity contribution in [3.63, 3.8) is 0 Å². The summed E-state index contributed by atoms with van der Waals surface area (Å²) in [5, 5.41) is 1.20. The van der Waals surface area contributed by atoms with Gasteiger partial charge in [-0.2, -0.15) is 0 Å². The lowest BCUT2D eigenvalue weighted by Crippen LogP contribution is -2.25. The molecule has 0 heterocycles. The molecule has 0 aliphatic rings. The monoisotopic (exact) mass is 325 g/mol. The molecule has 4 nitrogen and oxygen atoms in total. The molecule has 2 rings (SSSR count). The van der Waals surface area contributed by atoms with Crippen molar-refractivity contribution in [3.05, 3.63) is 36.4 Å². The molecule has 0 atom stereocenters. The minimum absolute atomic E-state index is 0.0101. The third-order valence-corrected chi connectivity index (χ3v) is 4.70. The Morgan fingerprint density at radius 1 is 1.14 bits per heavy atom. The van der Waals surface area contributed by atoms with E-state index in [1.807, 2.05) is 6.92 Å². The average molecular weight is 326 g/mol. The molecule has 2 aromatic carbocycles. The van der Waals surface area contributed by atoms with E-state index in [4.69, 9.17) is 10.7 Å². The largest absolute Gasteiger partial charge is 0.315 e. The van der Waals surface area contributed by atoms with Gasteiger partial charge in [0.25, 0.3) is 9.05 Å². The topological polar surface area (TPSA) is 54.5 Å². The van der Waals surface area contributed by atoms with Gasteiger partial charge in [-0.25, -0.2) is 8.42 Å². The molecule has 6 heteroatoms. The van der Waals surface area contributed by atoms with Gasteiger partial charge in [-0.1, -0.05) is 31.2 Å². The fourth-order valence-electron chi connectivity index (χ4n) is 2.29. The van der Waals surface area contributed by atoms with Crippen LogP contribution in [0.25, 0.3) is 10.8 Å². The molecule has 0 fully saturated rings. The van der Waals surface area contributed by atoms with Crippen LogP contribution in [-0.2, 0) is 13.8 Å². The molecule has 0 spiro atoms. The van der Waals surface area contributed by atoms with E-state index < -0.39 is 9.05 Å². The van der Waals surface area contributed by atoms with Gasteiger partial charge in [0.15, 0.2) is 0 Å². The molecule has 21 heavy (non-hydrogen) atoms. The predicted molar refractivity (Wildman–Crippen MR) is 85.3 cm³/mol. The first kappa shape index (κ1) is 15.8. The van der Waals surface area contributed by atoms with Crippen LogP contribution in [0.4, 0.5) is 5.69 Å². The molecule has 0 saturated heterocycles. The number of anilines is 1. The molecule has 0 aromatic heterocycles. The first-order valence-corrected chi connectivity index (χ1v) is 8.90. The minimum Gasteiger partial charge on any atom is -0.315 e. The molecular formula is C15H16ClNO3S. The fourth-order valence-corrected chi connectivity index (χ4v) is 3.37. The number of carbonyl (C=O) groups excluding carboxylic acids is 1. The molecular weight excluding hydrogens is 310 g/mol. The van der Waals surface area contributed by atoms with Gasteiger partial charge in [-0.15, -0.1) is 0 Å². The van der Waals surface area contributed by atoms with Crippen molar-refractivity contribution in [1.29, 1.82) is 0 Å². The van der Waals surface area contributed by atoms with Gasteiger partial charge >= 0.3 is 0 Å². The van der Waals surface area contributed by atoms with E-state index in [1.165, 1.54) is 6.07 Å². The molecule has 0 bridgehead atoms. The van der Waals surface area contributed by atoms with Crippen LogP contribution in [0.2, 0.25) is 0 Å². The van der Waals surface area contributed by atoms with Crippen molar-refractivity contribution >= 4 is 42.1 Å². The van der Waals surface area contributed by atoms with Crippen molar-refractivity contribution in [2.45, 2.75) is 24.7 Å². The highest BCUT2D eigenvalue weighted by atomic mass is 35.7. The van der Waals surface area contributed by atoms with Crippen LogP contribution in [-0.4, -0.2) is 21.4 Å². The van der Waals surface area contributed by atoms with E-state index in [0.29, 0.717) is 22.9 Å². The van der Waals surface area contributed by atoms with E-state index in [2.05, 4.69) is 0 Å². The number of hydrogen-bond donors (Lipinski definition) is 0. The Kier molecular flexibility index (Phi) is 4.54. The van der Waals surface area contributed by atoms with Crippen molar-refractivity contribution in [1.82, 2.24) is 0 Å². The molecule has 0 aliphatic carbocycles. The summed E-state index contributed by atoms with van der Waals surface area (Å²) in [5.41, 5.74) is 0.674. The lowest BCUT2D eigenvalue weighted by molar-refractivity contribution is -0.118. The summed E-state index contributed by atoms with van der Waals surface area (Å²) in [5.74, 6) is -0.0101. The smallest absolute Gasteiger partial charge is 0.261 e. The number of fused-ring (bicyclic) bond motifs is 1. The van der Waals surface area contributed by atoms with Crippen molar-refractivity contribution < 1.29 is 13.2 Å². The second kappa shape index (κ2) is 6.03. The van der Waals surface area contributed by atoms with Gasteiger partial charge in [0.05, 0.1) is 10.6 Å². The zero-order valence-corrected chi connectivity index (χ0v) is 13.4. The second-order valence-corrected chi connectivity index (χ2v) is 7.30. The number of benzene rings is 2. The summed E-state index contributed by atoms with van der Waals surface area (Å²) in [4.78, 5) is 13.7. The quantitative estimate of drug-likeness (QED) is 0.808. The normalized spacial score (nSPS) is 11.6. The zero-order valence-electron chi connectivity index (χ0n) is 11.8. The molecule has 2 aromatic rings. The summed E-state index contributed by atoms with van der Waals surface area (Å²) >= 11 is 0. The summed E-state index contributed by atoms with van der Waals surface area (Å²) in [6.45, 7) is 1.94. The maximum atomic E-state index is 12.1. The fraction of sp³-hybridized carbons (Fsp3) is 0.267. The number of amides is 1. The zero-order chi connectivity index (χ0) is 15.6. The van der Waals surface area contributed by atoms with Gasteiger partial charge in [-0.3, -0.25) is 4.79 Å². The molecule has 0 unspecified atom stereocenters. The summed E-state index contributed by atoms with van der Waals surface area (Å²) < 4.78 is 23.3. The Morgan fingerprint density at radius 3 is 2.38 bits per heavy atom. The third kappa shape index (κ3) is 3.19. The summed E-state index contributed by atoms with van der Waals surface area (Å²) in [6, 6.07) is 10.1. The summed E-state index contributed by atoms with van der Waals surface area (Å²) in [6.07, 6.45) is 1.20. The van der Waals surface area contributed by atoms with Crippen LogP contribution in [0.5, 0.6) is 0 Å². The SMILES string of the molecule is CCCC(=O)N(C)c1cccc2c(S(=O)(=O)Cl)cccc12. The van der Waals surface area contributed by atoms with Gasteiger partial charge in [0, 0.05) is 34.9 Å². The maximum absolute atomic E-state index is 12.1. The van der Waals surface area contributed by atoms with Gasteiger partial charge in [0.2, 0.25) is 5.91 Å². The van der Waals surface area contributed by atoms with Gasteiger partial charge in [-0.05, 0) is 18.6 Å². The van der Waals surface area contributed by atoms with Crippen molar-refractivity contribution in [2.75, 3.05) is 11.9 Å². The van der Waals surface area contributed by atoms with E-state index in [0.717, 1.165) is 6.42 Å². The lowest BCUT2D eigenvalue weighted by Gasteiger charge is -2.19. The molecule has 1 amide bonds.